The van der Waals surface area contributed by atoms with Crippen LogP contribution in [0.15, 0.2) is 66.7 Å². The smallest absolute Gasteiger partial charge is 0.303 e. The molecule has 36 heavy (non-hydrogen) atoms. The molecule has 2 bridgehead atoms. The van der Waals surface area contributed by atoms with Crippen molar-refractivity contribution in [3.63, 3.8) is 0 Å². The zero-order valence-corrected chi connectivity index (χ0v) is 21.2. The fourth-order valence-corrected chi connectivity index (χ4v) is 7.23. The van der Waals surface area contributed by atoms with Crippen molar-refractivity contribution < 1.29 is 19.5 Å². The van der Waals surface area contributed by atoms with Gasteiger partial charge in [0.1, 0.15) is 0 Å². The number of hydrogen-bond donors (Lipinski definition) is 3. The van der Waals surface area contributed by atoms with Crippen molar-refractivity contribution in [3.8, 4) is 11.1 Å². The predicted octanol–water partition coefficient (Wildman–Crippen LogP) is 4.91. The Balaban J connectivity index is 1.20. The third-order valence-corrected chi connectivity index (χ3v) is 9.00. The van der Waals surface area contributed by atoms with Gasteiger partial charge in [-0.2, -0.15) is 11.8 Å². The van der Waals surface area contributed by atoms with E-state index < -0.39 is 5.97 Å². The lowest BCUT2D eigenvalue weighted by atomic mass is 9.77. The van der Waals surface area contributed by atoms with Crippen molar-refractivity contribution in [2.45, 2.75) is 49.0 Å². The first-order chi connectivity index (χ1) is 17.5. The van der Waals surface area contributed by atoms with E-state index in [-0.39, 0.29) is 24.8 Å². The second kappa shape index (κ2) is 12.8. The molecule has 2 aromatic rings. The first-order valence-corrected chi connectivity index (χ1v) is 13.7. The standard InChI is InChI=1S/C29H34N2O4S/c32-27(19-31-29(35)22-14-12-21(13-15-22)20-8-4-3-5-9-20)30-18-24-23(25-16-17-26(24)36-25)10-6-1-2-7-11-28(33)34/h1,3-6,8-9,12-15,23-26H,2,7,10-11,16-19H2,(H,30,32)(H,31,35)(H,33,34)/b6-1-/t23-,24+,25-,26+/m1/s1. The molecule has 3 N–H and O–H groups in total. The van der Waals surface area contributed by atoms with Crippen LogP contribution in [-0.2, 0) is 9.59 Å². The lowest BCUT2D eigenvalue weighted by Crippen LogP contribution is -2.42. The van der Waals surface area contributed by atoms with E-state index in [4.69, 9.17) is 5.11 Å². The van der Waals surface area contributed by atoms with Gasteiger partial charge in [-0.15, -0.1) is 0 Å². The van der Waals surface area contributed by atoms with Crippen molar-refractivity contribution in [2.24, 2.45) is 11.8 Å². The molecule has 0 aliphatic carbocycles. The second-order valence-electron chi connectivity index (χ2n) is 9.54. The summed E-state index contributed by atoms with van der Waals surface area (Å²) in [6.45, 7) is 0.591. The molecule has 2 aromatic carbocycles. The summed E-state index contributed by atoms with van der Waals surface area (Å²) in [5.41, 5.74) is 2.66. The van der Waals surface area contributed by atoms with Gasteiger partial charge in [0.25, 0.3) is 5.91 Å². The first-order valence-electron chi connectivity index (χ1n) is 12.7. The molecule has 6 nitrogen and oxygen atoms in total. The Morgan fingerprint density at radius 2 is 1.58 bits per heavy atom. The highest BCUT2D eigenvalue weighted by Crippen LogP contribution is 2.54. The molecule has 0 unspecified atom stereocenters. The van der Waals surface area contributed by atoms with E-state index >= 15 is 0 Å². The molecule has 4 rings (SSSR count). The summed E-state index contributed by atoms with van der Waals surface area (Å²) in [5, 5.41) is 15.7. The van der Waals surface area contributed by atoms with Crippen molar-refractivity contribution in [3.05, 3.63) is 72.3 Å². The molecule has 2 aliphatic heterocycles. The summed E-state index contributed by atoms with van der Waals surface area (Å²) in [6.07, 6.45) is 9.34. The number of allylic oxidation sites excluding steroid dienone is 2. The summed E-state index contributed by atoms with van der Waals surface area (Å²) >= 11 is 2.05. The molecule has 2 amide bonds. The molecule has 190 valence electrons. The molecular weight excluding hydrogens is 472 g/mol. The summed E-state index contributed by atoms with van der Waals surface area (Å²) in [4.78, 5) is 35.6. The molecule has 4 atom stereocenters. The Bertz CT molecular complexity index is 1070. The molecule has 0 radical (unpaired) electrons. The minimum absolute atomic E-state index is 0.0403. The van der Waals surface area contributed by atoms with Crippen LogP contribution in [0.25, 0.3) is 11.1 Å². The molecular formula is C29H34N2O4S. The van der Waals surface area contributed by atoms with Crippen LogP contribution in [0, 0.1) is 11.8 Å². The Morgan fingerprint density at radius 1 is 0.889 bits per heavy atom. The number of rotatable bonds is 12. The molecule has 2 heterocycles. The number of nitrogens with one attached hydrogen (secondary N) is 2. The van der Waals surface area contributed by atoms with Gasteiger partial charge in [-0.25, -0.2) is 0 Å². The molecule has 2 saturated heterocycles. The monoisotopic (exact) mass is 506 g/mol. The number of carbonyl (C=O) groups excluding carboxylic acids is 2. The number of amides is 2. The van der Waals surface area contributed by atoms with Crippen LogP contribution in [0.4, 0.5) is 0 Å². The van der Waals surface area contributed by atoms with Gasteiger partial charge in [0.15, 0.2) is 0 Å². The summed E-state index contributed by atoms with van der Waals surface area (Å²) < 4.78 is 0. The van der Waals surface area contributed by atoms with Crippen molar-refractivity contribution in [1.82, 2.24) is 10.6 Å². The first kappa shape index (κ1) is 26.0. The highest BCUT2D eigenvalue weighted by molar-refractivity contribution is 8.01. The summed E-state index contributed by atoms with van der Waals surface area (Å²) in [5.74, 6) is -0.211. The van der Waals surface area contributed by atoms with Crippen LogP contribution in [0.5, 0.6) is 0 Å². The largest absolute Gasteiger partial charge is 0.481 e. The highest BCUT2D eigenvalue weighted by Gasteiger charge is 2.47. The molecule has 0 saturated carbocycles. The van der Waals surface area contributed by atoms with Crippen molar-refractivity contribution in [1.29, 1.82) is 0 Å². The number of aliphatic carboxylic acids is 1. The van der Waals surface area contributed by atoms with E-state index in [2.05, 4.69) is 34.5 Å². The minimum Gasteiger partial charge on any atom is -0.481 e. The fraction of sp³-hybridized carbons (Fsp3) is 0.414. The fourth-order valence-electron chi connectivity index (χ4n) is 5.22. The van der Waals surface area contributed by atoms with E-state index in [9.17, 15) is 14.4 Å². The molecule has 0 spiro atoms. The normalized spacial score (nSPS) is 22.6. The number of carboxylic acid groups (broad SMARTS) is 1. The average molecular weight is 507 g/mol. The van der Waals surface area contributed by atoms with Gasteiger partial charge in [0, 0.05) is 29.0 Å². The van der Waals surface area contributed by atoms with E-state index in [0.717, 1.165) is 24.0 Å². The maximum atomic E-state index is 12.5. The number of unbranched alkanes of at least 4 members (excludes halogenated alkanes) is 1. The third kappa shape index (κ3) is 7.00. The van der Waals surface area contributed by atoms with Crippen LogP contribution < -0.4 is 10.6 Å². The molecule has 2 fully saturated rings. The molecule has 2 aliphatic rings. The number of carboxylic acids is 1. The Labute approximate surface area is 216 Å². The van der Waals surface area contributed by atoms with Crippen LogP contribution in [-0.4, -0.2) is 46.5 Å². The number of fused-ring (bicyclic) bond motifs is 2. The Morgan fingerprint density at radius 3 is 2.31 bits per heavy atom. The van der Waals surface area contributed by atoms with Gasteiger partial charge in [0.2, 0.25) is 5.91 Å². The zero-order valence-electron chi connectivity index (χ0n) is 20.4. The van der Waals surface area contributed by atoms with E-state index in [1.807, 2.05) is 42.5 Å². The van der Waals surface area contributed by atoms with Crippen LogP contribution in [0.1, 0.15) is 48.9 Å². The van der Waals surface area contributed by atoms with Gasteiger partial charge in [0.05, 0.1) is 6.54 Å². The molecule has 7 heteroatoms. The van der Waals surface area contributed by atoms with E-state index in [1.54, 1.807) is 12.1 Å². The Hall–Kier alpha value is -3.06. The topological polar surface area (TPSA) is 95.5 Å². The predicted molar refractivity (Wildman–Crippen MR) is 144 cm³/mol. The minimum atomic E-state index is -0.749. The zero-order chi connectivity index (χ0) is 25.3. The summed E-state index contributed by atoms with van der Waals surface area (Å²) in [6, 6.07) is 17.4. The van der Waals surface area contributed by atoms with Gasteiger partial charge < -0.3 is 15.7 Å². The van der Waals surface area contributed by atoms with Crippen LogP contribution >= 0.6 is 11.8 Å². The number of carbonyl (C=O) groups is 3. The number of hydrogen-bond acceptors (Lipinski definition) is 4. The van der Waals surface area contributed by atoms with Crippen LogP contribution in [0.3, 0.4) is 0 Å². The lowest BCUT2D eigenvalue weighted by molar-refractivity contribution is -0.137. The number of benzene rings is 2. The maximum Gasteiger partial charge on any atom is 0.303 e. The van der Waals surface area contributed by atoms with Gasteiger partial charge in [-0.05, 0) is 67.2 Å². The van der Waals surface area contributed by atoms with Crippen molar-refractivity contribution >= 4 is 29.5 Å². The third-order valence-electron chi connectivity index (χ3n) is 7.13. The quantitative estimate of drug-likeness (QED) is 0.281. The Kier molecular flexibility index (Phi) is 9.23. The van der Waals surface area contributed by atoms with Gasteiger partial charge in [-0.1, -0.05) is 54.6 Å². The maximum absolute atomic E-state index is 12.5. The molecule has 0 aromatic heterocycles. The second-order valence-corrected chi connectivity index (χ2v) is 11.0. The lowest BCUT2D eigenvalue weighted by Gasteiger charge is -2.29. The van der Waals surface area contributed by atoms with E-state index in [0.29, 0.717) is 40.9 Å². The van der Waals surface area contributed by atoms with Gasteiger partial charge in [-0.3, -0.25) is 14.4 Å². The average Bonchev–Trinajstić information content (AvgIpc) is 3.50. The van der Waals surface area contributed by atoms with E-state index in [1.165, 1.54) is 12.8 Å². The number of thioether (sulfide) groups is 1. The highest BCUT2D eigenvalue weighted by atomic mass is 32.2. The van der Waals surface area contributed by atoms with Crippen molar-refractivity contribution in [2.75, 3.05) is 13.1 Å². The SMILES string of the molecule is O=C(O)CCC/C=C\C[C@@H]1[C@H](CNC(=O)CNC(=O)c2ccc(-c3ccccc3)cc2)[C@@H]2CC[C@H]1S2. The van der Waals surface area contributed by atoms with Gasteiger partial charge >= 0.3 is 5.97 Å². The summed E-state index contributed by atoms with van der Waals surface area (Å²) in [7, 11) is 0. The van der Waals surface area contributed by atoms with Crippen LogP contribution in [0.2, 0.25) is 0 Å².